The van der Waals surface area contributed by atoms with E-state index in [1.165, 1.54) is 12.5 Å². The molecule has 2 heterocycles. The topological polar surface area (TPSA) is 60.4 Å². The summed E-state index contributed by atoms with van der Waals surface area (Å²) < 4.78 is 21.4. The molecule has 3 N–H and O–H groups in total. The molecule has 0 bridgehead atoms. The maximum atomic E-state index is 13.6. The molecule has 23 heavy (non-hydrogen) atoms. The van der Waals surface area contributed by atoms with Crippen LogP contribution in [0.25, 0.3) is 10.9 Å². The molecule has 1 fully saturated rings. The standard InChI is InChI=1S/C16H21FN2O2.C2H6/c17-13-4-5-14-15(16(13)20)11(6-7-18)9-19(14)10-12-3-1-2-8-21-12;1-2/h4-5,9,12,20H,1-3,6-8,10,18H2;1-2H3. The van der Waals surface area contributed by atoms with Crippen molar-refractivity contribution in [2.75, 3.05) is 13.2 Å². The highest BCUT2D eigenvalue weighted by atomic mass is 19.1. The molecule has 5 heteroatoms. The van der Waals surface area contributed by atoms with Gasteiger partial charge < -0.3 is 20.1 Å². The van der Waals surface area contributed by atoms with Crippen LogP contribution < -0.4 is 5.73 Å². The highest BCUT2D eigenvalue weighted by Gasteiger charge is 2.19. The van der Waals surface area contributed by atoms with E-state index in [4.69, 9.17) is 10.5 Å². The number of phenolic OH excluding ortho intramolecular Hbond substituents is 1. The average molecular weight is 322 g/mol. The SMILES string of the molecule is CC.NCCc1cn(CC2CCCCO2)c2ccc(F)c(O)c12. The first-order valence-electron chi connectivity index (χ1n) is 8.51. The fourth-order valence-corrected chi connectivity index (χ4v) is 3.10. The first kappa shape index (κ1) is 17.8. The van der Waals surface area contributed by atoms with Crippen LogP contribution >= 0.6 is 0 Å². The van der Waals surface area contributed by atoms with E-state index in [1.807, 2.05) is 20.0 Å². The summed E-state index contributed by atoms with van der Waals surface area (Å²) in [5, 5.41) is 10.6. The maximum absolute atomic E-state index is 13.6. The lowest BCUT2D eigenvalue weighted by atomic mass is 10.1. The van der Waals surface area contributed by atoms with Crippen LogP contribution in [0.15, 0.2) is 18.3 Å². The van der Waals surface area contributed by atoms with Gasteiger partial charge in [-0.05, 0) is 49.9 Å². The predicted octanol–water partition coefficient (Wildman–Crippen LogP) is 3.58. The minimum absolute atomic E-state index is 0.187. The Morgan fingerprint density at radius 3 is 2.78 bits per heavy atom. The Labute approximate surface area is 137 Å². The van der Waals surface area contributed by atoms with Crippen molar-refractivity contribution in [1.29, 1.82) is 0 Å². The summed E-state index contributed by atoms with van der Waals surface area (Å²) in [7, 11) is 0. The third-order valence-electron chi connectivity index (χ3n) is 4.14. The molecule has 1 aromatic heterocycles. The third kappa shape index (κ3) is 3.85. The number of nitrogens with zero attached hydrogens (tertiary/aromatic N) is 1. The summed E-state index contributed by atoms with van der Waals surface area (Å²) in [5.74, 6) is -0.869. The van der Waals surface area contributed by atoms with E-state index in [2.05, 4.69) is 4.57 Å². The Kier molecular flexibility index (Phi) is 6.42. The number of aromatic nitrogens is 1. The molecule has 0 aliphatic carbocycles. The van der Waals surface area contributed by atoms with E-state index >= 15 is 0 Å². The molecular formula is C18H27FN2O2. The van der Waals surface area contributed by atoms with Crippen molar-refractivity contribution < 1.29 is 14.2 Å². The minimum Gasteiger partial charge on any atom is -0.504 e. The van der Waals surface area contributed by atoms with Crippen LogP contribution in [-0.2, 0) is 17.7 Å². The zero-order valence-corrected chi connectivity index (χ0v) is 14.0. The second kappa shape index (κ2) is 8.31. The lowest BCUT2D eigenvalue weighted by molar-refractivity contribution is 0.00668. The molecule has 0 spiro atoms. The van der Waals surface area contributed by atoms with Crippen LogP contribution in [0.1, 0.15) is 38.7 Å². The van der Waals surface area contributed by atoms with Gasteiger partial charge in [0.2, 0.25) is 0 Å². The van der Waals surface area contributed by atoms with Crippen molar-refractivity contribution in [1.82, 2.24) is 4.57 Å². The third-order valence-corrected chi connectivity index (χ3v) is 4.14. The van der Waals surface area contributed by atoms with Crippen molar-refractivity contribution in [2.24, 2.45) is 5.73 Å². The maximum Gasteiger partial charge on any atom is 0.165 e. The van der Waals surface area contributed by atoms with Crippen LogP contribution in [0.4, 0.5) is 4.39 Å². The van der Waals surface area contributed by atoms with Crippen molar-refractivity contribution in [2.45, 2.75) is 52.2 Å². The van der Waals surface area contributed by atoms with Crippen molar-refractivity contribution in [3.05, 3.63) is 29.7 Å². The van der Waals surface area contributed by atoms with Gasteiger partial charge >= 0.3 is 0 Å². The summed E-state index contributed by atoms with van der Waals surface area (Å²) in [5.41, 5.74) is 7.35. The van der Waals surface area contributed by atoms with Gasteiger partial charge in [-0.3, -0.25) is 0 Å². The van der Waals surface area contributed by atoms with E-state index in [9.17, 15) is 9.50 Å². The fourth-order valence-electron chi connectivity index (χ4n) is 3.10. The minimum atomic E-state index is -0.590. The van der Waals surface area contributed by atoms with Crippen LogP contribution in [0.3, 0.4) is 0 Å². The number of hydrogen-bond acceptors (Lipinski definition) is 3. The van der Waals surface area contributed by atoms with E-state index in [0.29, 0.717) is 18.4 Å². The van der Waals surface area contributed by atoms with Gasteiger partial charge in [0.05, 0.1) is 11.6 Å². The van der Waals surface area contributed by atoms with Gasteiger partial charge in [-0.25, -0.2) is 4.39 Å². The zero-order chi connectivity index (χ0) is 16.8. The Morgan fingerprint density at radius 1 is 1.35 bits per heavy atom. The molecule has 3 rings (SSSR count). The van der Waals surface area contributed by atoms with Gasteiger partial charge in [0.1, 0.15) is 0 Å². The van der Waals surface area contributed by atoms with Gasteiger partial charge in [-0.2, -0.15) is 0 Å². The number of rotatable bonds is 4. The number of fused-ring (bicyclic) bond motifs is 1. The average Bonchev–Trinajstić information content (AvgIpc) is 2.92. The smallest absolute Gasteiger partial charge is 0.165 e. The Bertz CT molecular complexity index is 633. The predicted molar refractivity (Wildman–Crippen MR) is 91.3 cm³/mol. The van der Waals surface area contributed by atoms with Crippen molar-refractivity contribution in [3.8, 4) is 5.75 Å². The highest BCUT2D eigenvalue weighted by molar-refractivity contribution is 5.90. The molecule has 4 nitrogen and oxygen atoms in total. The fraction of sp³-hybridized carbons (Fsp3) is 0.556. The first-order valence-corrected chi connectivity index (χ1v) is 8.51. The molecule has 1 atom stereocenters. The first-order chi connectivity index (χ1) is 11.2. The molecule has 2 aromatic rings. The normalized spacial score (nSPS) is 17.8. The number of phenols is 1. The van der Waals surface area contributed by atoms with Crippen molar-refractivity contribution in [3.63, 3.8) is 0 Å². The molecule has 0 amide bonds. The number of ether oxygens (including phenoxy) is 1. The summed E-state index contributed by atoms with van der Waals surface area (Å²) in [6, 6.07) is 3.02. The molecule has 1 aromatic carbocycles. The van der Waals surface area contributed by atoms with Crippen molar-refractivity contribution >= 4 is 10.9 Å². The van der Waals surface area contributed by atoms with Gasteiger partial charge in [-0.1, -0.05) is 13.8 Å². The number of halogens is 1. The summed E-state index contributed by atoms with van der Waals surface area (Å²) in [6.07, 6.45) is 6.11. The Hall–Kier alpha value is -1.59. The summed E-state index contributed by atoms with van der Waals surface area (Å²) in [4.78, 5) is 0. The Balaban J connectivity index is 0.000000924. The van der Waals surface area contributed by atoms with Gasteiger partial charge in [-0.15, -0.1) is 0 Å². The molecule has 1 saturated heterocycles. The monoisotopic (exact) mass is 322 g/mol. The van der Waals surface area contributed by atoms with Gasteiger partial charge in [0.25, 0.3) is 0 Å². The largest absolute Gasteiger partial charge is 0.504 e. The van der Waals surface area contributed by atoms with Crippen LogP contribution in [0.5, 0.6) is 5.75 Å². The second-order valence-electron chi connectivity index (χ2n) is 5.62. The molecular weight excluding hydrogens is 295 g/mol. The number of benzene rings is 1. The highest BCUT2D eigenvalue weighted by Crippen LogP contribution is 2.33. The lowest BCUT2D eigenvalue weighted by Gasteiger charge is -2.23. The lowest BCUT2D eigenvalue weighted by Crippen LogP contribution is -2.24. The van der Waals surface area contributed by atoms with Gasteiger partial charge in [0, 0.05) is 24.7 Å². The molecule has 0 radical (unpaired) electrons. The van der Waals surface area contributed by atoms with Crippen LogP contribution in [-0.4, -0.2) is 28.9 Å². The Morgan fingerprint density at radius 2 is 2.13 bits per heavy atom. The molecule has 128 valence electrons. The summed E-state index contributed by atoms with van der Waals surface area (Å²) in [6.45, 7) is 6.00. The quantitative estimate of drug-likeness (QED) is 0.904. The van der Waals surface area contributed by atoms with E-state index in [0.717, 1.165) is 37.1 Å². The number of nitrogens with two attached hydrogens (primary N) is 1. The van der Waals surface area contributed by atoms with E-state index in [-0.39, 0.29) is 11.9 Å². The van der Waals surface area contributed by atoms with E-state index < -0.39 is 5.82 Å². The molecule has 1 aliphatic heterocycles. The van der Waals surface area contributed by atoms with Crippen LogP contribution in [0.2, 0.25) is 0 Å². The zero-order valence-electron chi connectivity index (χ0n) is 14.0. The van der Waals surface area contributed by atoms with Gasteiger partial charge in [0.15, 0.2) is 11.6 Å². The number of hydrogen-bond donors (Lipinski definition) is 2. The van der Waals surface area contributed by atoms with Crippen LogP contribution in [0, 0.1) is 5.82 Å². The molecule has 1 unspecified atom stereocenters. The molecule has 1 aliphatic rings. The number of aromatic hydroxyl groups is 1. The summed E-state index contributed by atoms with van der Waals surface area (Å²) >= 11 is 0. The molecule has 0 saturated carbocycles. The second-order valence-corrected chi connectivity index (χ2v) is 5.62. The van der Waals surface area contributed by atoms with E-state index in [1.54, 1.807) is 6.07 Å².